The van der Waals surface area contributed by atoms with Crippen molar-refractivity contribution in [3.8, 4) is 10.4 Å². The fraction of sp³-hybridized carbons (Fsp3) is 0.292. The zero-order valence-corrected chi connectivity index (χ0v) is 18.3. The third-order valence-electron chi connectivity index (χ3n) is 5.43. The van der Waals surface area contributed by atoms with Gasteiger partial charge in [0.05, 0.1) is 10.6 Å². The summed E-state index contributed by atoms with van der Waals surface area (Å²) in [6.45, 7) is 1.12. The molecule has 1 amide bonds. The molecular formula is C24H25ClN2OS. The van der Waals surface area contributed by atoms with Crippen LogP contribution in [0.5, 0.6) is 0 Å². The Kier molecular flexibility index (Phi) is 6.04. The Morgan fingerprint density at radius 1 is 1.17 bits per heavy atom. The molecule has 3 nitrogen and oxygen atoms in total. The van der Waals surface area contributed by atoms with Gasteiger partial charge in [0.15, 0.2) is 0 Å². The number of hydrogen-bond acceptors (Lipinski definition) is 3. The number of nitrogens with one attached hydrogen (secondary N) is 1. The third-order valence-corrected chi connectivity index (χ3v) is 6.68. The SMILES string of the molecule is CN(C)CC1CCc2cc(NC(=O)c3cc(-c4cccs4)ccc3Cl)ccc2C1. The molecule has 2 aromatic carbocycles. The van der Waals surface area contributed by atoms with E-state index in [1.807, 2.05) is 35.7 Å². The monoisotopic (exact) mass is 424 g/mol. The van der Waals surface area contributed by atoms with E-state index in [4.69, 9.17) is 11.6 Å². The summed E-state index contributed by atoms with van der Waals surface area (Å²) >= 11 is 7.98. The summed E-state index contributed by atoms with van der Waals surface area (Å²) in [5, 5.41) is 5.53. The molecule has 1 aliphatic carbocycles. The fourth-order valence-corrected chi connectivity index (χ4v) is 5.00. The minimum atomic E-state index is -0.172. The smallest absolute Gasteiger partial charge is 0.257 e. The molecule has 1 N–H and O–H groups in total. The Bertz CT molecular complexity index is 1010. The molecule has 1 aliphatic rings. The molecule has 29 heavy (non-hydrogen) atoms. The largest absolute Gasteiger partial charge is 0.322 e. The van der Waals surface area contributed by atoms with Gasteiger partial charge >= 0.3 is 0 Å². The van der Waals surface area contributed by atoms with Crippen LogP contribution in [-0.4, -0.2) is 31.4 Å². The summed E-state index contributed by atoms with van der Waals surface area (Å²) in [6, 6.07) is 16.0. The second-order valence-electron chi connectivity index (χ2n) is 7.98. The summed E-state index contributed by atoms with van der Waals surface area (Å²) in [5.74, 6) is 0.534. The van der Waals surface area contributed by atoms with Crippen molar-refractivity contribution in [1.82, 2.24) is 4.90 Å². The molecule has 0 spiro atoms. The standard InChI is InChI=1S/C24H25ClN2OS/c1-27(2)15-16-5-6-18-13-20(9-7-17(18)12-16)26-24(28)21-14-19(8-10-22(21)25)23-4-3-11-29-23/h3-4,7-11,13-14,16H,5-6,12,15H2,1-2H3,(H,26,28). The van der Waals surface area contributed by atoms with E-state index < -0.39 is 0 Å². The highest BCUT2D eigenvalue weighted by Crippen LogP contribution is 2.31. The molecule has 4 rings (SSSR count). The van der Waals surface area contributed by atoms with E-state index in [0.29, 0.717) is 16.5 Å². The van der Waals surface area contributed by atoms with E-state index in [1.165, 1.54) is 17.5 Å². The number of anilines is 1. The van der Waals surface area contributed by atoms with Gasteiger partial charge in [0.1, 0.15) is 0 Å². The highest BCUT2D eigenvalue weighted by Gasteiger charge is 2.20. The van der Waals surface area contributed by atoms with E-state index in [9.17, 15) is 4.79 Å². The van der Waals surface area contributed by atoms with E-state index in [1.54, 1.807) is 17.4 Å². The van der Waals surface area contributed by atoms with Crippen LogP contribution in [0.1, 0.15) is 27.9 Å². The third kappa shape index (κ3) is 4.72. The lowest BCUT2D eigenvalue weighted by atomic mass is 9.83. The van der Waals surface area contributed by atoms with Gasteiger partial charge in [0, 0.05) is 17.1 Å². The molecule has 1 atom stereocenters. The highest BCUT2D eigenvalue weighted by atomic mass is 35.5. The van der Waals surface area contributed by atoms with Gasteiger partial charge in [-0.2, -0.15) is 0 Å². The average Bonchev–Trinajstić information content (AvgIpc) is 3.22. The lowest BCUT2D eigenvalue weighted by molar-refractivity contribution is 0.102. The molecule has 0 fully saturated rings. The second-order valence-corrected chi connectivity index (χ2v) is 9.34. The summed E-state index contributed by atoms with van der Waals surface area (Å²) < 4.78 is 0. The molecule has 3 aromatic rings. The van der Waals surface area contributed by atoms with Gasteiger partial charge in [0.2, 0.25) is 0 Å². The minimum Gasteiger partial charge on any atom is -0.322 e. The van der Waals surface area contributed by atoms with Crippen molar-refractivity contribution in [2.75, 3.05) is 26.0 Å². The first-order valence-corrected chi connectivity index (χ1v) is 11.2. The minimum absolute atomic E-state index is 0.172. The zero-order valence-electron chi connectivity index (χ0n) is 16.7. The van der Waals surface area contributed by atoms with E-state index in [2.05, 4.69) is 36.4 Å². The van der Waals surface area contributed by atoms with Crippen LogP contribution in [0.15, 0.2) is 53.9 Å². The van der Waals surface area contributed by atoms with E-state index in [-0.39, 0.29) is 5.91 Å². The van der Waals surface area contributed by atoms with E-state index in [0.717, 1.165) is 35.5 Å². The predicted molar refractivity (Wildman–Crippen MR) is 123 cm³/mol. The number of carbonyl (C=O) groups is 1. The summed E-state index contributed by atoms with van der Waals surface area (Å²) in [6.07, 6.45) is 3.36. The summed E-state index contributed by atoms with van der Waals surface area (Å²) in [4.78, 5) is 16.3. The molecule has 5 heteroatoms. The van der Waals surface area contributed by atoms with Crippen molar-refractivity contribution in [2.24, 2.45) is 5.92 Å². The van der Waals surface area contributed by atoms with Crippen LogP contribution in [-0.2, 0) is 12.8 Å². The van der Waals surface area contributed by atoms with Gasteiger partial charge in [-0.3, -0.25) is 4.79 Å². The van der Waals surface area contributed by atoms with Crippen LogP contribution in [0.2, 0.25) is 5.02 Å². The maximum Gasteiger partial charge on any atom is 0.257 e. The first kappa shape index (κ1) is 20.1. The Hall–Kier alpha value is -2.14. The quantitative estimate of drug-likeness (QED) is 0.545. The molecule has 0 saturated heterocycles. The molecular weight excluding hydrogens is 400 g/mol. The highest BCUT2D eigenvalue weighted by molar-refractivity contribution is 7.13. The van der Waals surface area contributed by atoms with Crippen molar-refractivity contribution in [1.29, 1.82) is 0 Å². The predicted octanol–water partition coefficient (Wildman–Crippen LogP) is 5.99. The number of rotatable bonds is 5. The van der Waals surface area contributed by atoms with Crippen molar-refractivity contribution >= 4 is 34.5 Å². The number of thiophene rings is 1. The van der Waals surface area contributed by atoms with Gasteiger partial charge in [-0.1, -0.05) is 29.8 Å². The van der Waals surface area contributed by atoms with Gasteiger partial charge < -0.3 is 10.2 Å². The summed E-state index contributed by atoms with van der Waals surface area (Å²) in [5.41, 5.74) is 5.08. The van der Waals surface area contributed by atoms with Crippen molar-refractivity contribution < 1.29 is 4.79 Å². The van der Waals surface area contributed by atoms with Crippen LogP contribution in [0, 0.1) is 5.92 Å². The first-order valence-electron chi connectivity index (χ1n) is 9.91. The number of amides is 1. The molecule has 0 aliphatic heterocycles. The van der Waals surface area contributed by atoms with Crippen LogP contribution in [0.25, 0.3) is 10.4 Å². The number of benzene rings is 2. The molecule has 1 heterocycles. The Labute approximate surface area is 181 Å². The molecule has 150 valence electrons. The molecule has 0 radical (unpaired) electrons. The van der Waals surface area contributed by atoms with Gasteiger partial charge in [-0.25, -0.2) is 0 Å². The van der Waals surface area contributed by atoms with Gasteiger partial charge in [-0.05, 0) is 91.7 Å². The normalized spacial score (nSPS) is 15.9. The fourth-order valence-electron chi connectivity index (χ4n) is 4.07. The second kappa shape index (κ2) is 8.70. The number of hydrogen-bond donors (Lipinski definition) is 1. The number of halogens is 1. The number of nitrogens with zero attached hydrogens (tertiary/aromatic N) is 1. The van der Waals surface area contributed by atoms with Gasteiger partial charge in [0.25, 0.3) is 5.91 Å². The Morgan fingerprint density at radius 3 is 2.79 bits per heavy atom. The summed E-state index contributed by atoms with van der Waals surface area (Å²) in [7, 11) is 4.26. The lowest BCUT2D eigenvalue weighted by Crippen LogP contribution is -2.26. The van der Waals surface area contributed by atoms with Crippen LogP contribution in [0.3, 0.4) is 0 Å². The molecule has 0 bridgehead atoms. The molecule has 0 saturated carbocycles. The maximum absolute atomic E-state index is 12.9. The maximum atomic E-state index is 12.9. The van der Waals surface area contributed by atoms with Crippen LogP contribution < -0.4 is 5.32 Å². The average molecular weight is 425 g/mol. The topological polar surface area (TPSA) is 32.3 Å². The molecule has 1 unspecified atom stereocenters. The Balaban J connectivity index is 1.50. The molecule has 1 aromatic heterocycles. The van der Waals surface area contributed by atoms with Crippen molar-refractivity contribution in [3.63, 3.8) is 0 Å². The number of carbonyl (C=O) groups excluding carboxylic acids is 1. The van der Waals surface area contributed by atoms with E-state index >= 15 is 0 Å². The first-order chi connectivity index (χ1) is 14.0. The zero-order chi connectivity index (χ0) is 20.4. The lowest BCUT2D eigenvalue weighted by Gasteiger charge is -2.27. The van der Waals surface area contributed by atoms with Crippen LogP contribution >= 0.6 is 22.9 Å². The van der Waals surface area contributed by atoms with Crippen molar-refractivity contribution in [2.45, 2.75) is 19.3 Å². The Morgan fingerprint density at radius 2 is 2.03 bits per heavy atom. The van der Waals surface area contributed by atoms with Crippen LogP contribution in [0.4, 0.5) is 5.69 Å². The number of fused-ring (bicyclic) bond motifs is 1. The van der Waals surface area contributed by atoms with Crippen molar-refractivity contribution in [3.05, 3.63) is 75.6 Å². The van der Waals surface area contributed by atoms with Gasteiger partial charge in [-0.15, -0.1) is 11.3 Å². The number of aryl methyl sites for hydroxylation is 1.